The summed E-state index contributed by atoms with van der Waals surface area (Å²) in [5, 5.41) is 0. The van der Waals surface area contributed by atoms with Gasteiger partial charge in [0.15, 0.2) is 0 Å². The highest BCUT2D eigenvalue weighted by Gasteiger charge is 1.95. The van der Waals surface area contributed by atoms with Crippen molar-refractivity contribution >= 4 is 23.7 Å². The number of rotatable bonds is 4. The number of allylic oxidation sites excluding steroid dienone is 1. The van der Waals surface area contributed by atoms with Gasteiger partial charge in [0.05, 0.1) is 0 Å². The molecule has 0 aliphatic heterocycles. The zero-order valence-corrected chi connectivity index (χ0v) is 10.6. The van der Waals surface area contributed by atoms with Crippen molar-refractivity contribution in [1.29, 1.82) is 0 Å². The number of hydrogen-bond acceptors (Lipinski definition) is 2. The minimum Gasteiger partial charge on any atom is -0.326 e. The Balaban J connectivity index is 2.02. The Labute approximate surface area is 107 Å². The van der Waals surface area contributed by atoms with Gasteiger partial charge in [0.1, 0.15) is 0 Å². The van der Waals surface area contributed by atoms with E-state index >= 15 is 0 Å². The van der Waals surface area contributed by atoms with Gasteiger partial charge in [-0.15, -0.1) is 0 Å². The van der Waals surface area contributed by atoms with Crippen LogP contribution in [0.25, 0.3) is 6.08 Å². The summed E-state index contributed by atoms with van der Waals surface area (Å²) in [5.74, 6) is 0. The van der Waals surface area contributed by atoms with Gasteiger partial charge in [0.2, 0.25) is 0 Å². The first kappa shape index (κ1) is 11.8. The van der Waals surface area contributed by atoms with Gasteiger partial charge in [-0.25, -0.2) is 0 Å². The number of para-hydroxylation sites is 1. The number of anilines is 1. The lowest BCUT2D eigenvalue weighted by Crippen LogP contribution is -1.85. The van der Waals surface area contributed by atoms with Crippen LogP contribution in [-0.4, -0.2) is 0 Å². The van der Waals surface area contributed by atoms with Gasteiger partial charge in [-0.3, -0.25) is 0 Å². The highest BCUT2D eigenvalue weighted by molar-refractivity contribution is 8.00. The molecule has 0 spiro atoms. The summed E-state index contributed by atoms with van der Waals surface area (Å²) in [6, 6.07) is 18.6. The van der Waals surface area contributed by atoms with Crippen molar-refractivity contribution in [1.82, 2.24) is 0 Å². The van der Waals surface area contributed by atoms with E-state index in [0.29, 0.717) is 0 Å². The molecule has 0 atom stereocenters. The van der Waals surface area contributed by atoms with E-state index in [0.717, 1.165) is 5.69 Å². The lowest BCUT2D eigenvalue weighted by atomic mass is 10.2. The Morgan fingerprint density at radius 2 is 1.82 bits per heavy atom. The summed E-state index contributed by atoms with van der Waals surface area (Å²) in [6.07, 6.45) is 4.15. The maximum Gasteiger partial charge on any atom is 0.0443 e. The third kappa shape index (κ3) is 3.68. The van der Waals surface area contributed by atoms with E-state index in [2.05, 4.69) is 53.3 Å². The number of benzene rings is 2. The number of nitrogens with one attached hydrogen (secondary N) is 1. The summed E-state index contributed by atoms with van der Waals surface area (Å²) in [7, 11) is 0. The third-order valence-electron chi connectivity index (χ3n) is 2.28. The molecule has 0 unspecified atom stereocenters. The van der Waals surface area contributed by atoms with E-state index in [1.54, 1.807) is 11.9 Å². The van der Waals surface area contributed by atoms with Crippen molar-refractivity contribution in [2.45, 2.75) is 11.8 Å². The minimum absolute atomic E-state index is 1.12. The molecular weight excluding hydrogens is 226 g/mol. The van der Waals surface area contributed by atoms with Crippen molar-refractivity contribution in [3.8, 4) is 0 Å². The van der Waals surface area contributed by atoms with E-state index in [9.17, 15) is 0 Å². The molecule has 0 aliphatic rings. The van der Waals surface area contributed by atoms with Crippen LogP contribution >= 0.6 is 11.9 Å². The predicted octanol–water partition coefficient (Wildman–Crippen LogP) is 4.84. The van der Waals surface area contributed by atoms with Gasteiger partial charge >= 0.3 is 0 Å². The molecule has 0 aliphatic carbocycles. The first-order valence-corrected chi connectivity index (χ1v) is 6.41. The molecule has 2 heteroatoms. The standard InChI is InChI=1S/C15H15NS/c1-2-7-13-8-6-11-15(12-13)17-16-14-9-4-3-5-10-14/h2-12,16H,1H3/b7-2+. The fourth-order valence-electron chi connectivity index (χ4n) is 1.50. The molecule has 2 aromatic rings. The fraction of sp³-hybridized carbons (Fsp3) is 0.0667. The highest BCUT2D eigenvalue weighted by Crippen LogP contribution is 2.22. The lowest BCUT2D eigenvalue weighted by Gasteiger charge is -2.05. The van der Waals surface area contributed by atoms with Gasteiger partial charge in [-0.1, -0.05) is 42.5 Å². The molecule has 0 amide bonds. The van der Waals surface area contributed by atoms with Crippen LogP contribution in [0.4, 0.5) is 5.69 Å². The van der Waals surface area contributed by atoms with Crippen LogP contribution in [0.5, 0.6) is 0 Å². The highest BCUT2D eigenvalue weighted by atomic mass is 32.2. The molecule has 86 valence electrons. The van der Waals surface area contributed by atoms with Crippen molar-refractivity contribution < 1.29 is 0 Å². The molecule has 0 saturated heterocycles. The van der Waals surface area contributed by atoms with Gasteiger partial charge in [0, 0.05) is 10.6 Å². The largest absolute Gasteiger partial charge is 0.326 e. The lowest BCUT2D eigenvalue weighted by molar-refractivity contribution is 1.44. The smallest absolute Gasteiger partial charge is 0.0443 e. The molecule has 2 rings (SSSR count). The van der Waals surface area contributed by atoms with E-state index in [4.69, 9.17) is 0 Å². The molecule has 2 aromatic carbocycles. The molecule has 1 N–H and O–H groups in total. The Bertz CT molecular complexity index is 491. The van der Waals surface area contributed by atoms with Crippen molar-refractivity contribution in [3.63, 3.8) is 0 Å². The normalized spacial score (nSPS) is 10.6. The molecule has 0 aromatic heterocycles. The van der Waals surface area contributed by atoms with Gasteiger partial charge in [-0.2, -0.15) is 0 Å². The van der Waals surface area contributed by atoms with Crippen LogP contribution in [-0.2, 0) is 0 Å². The first-order valence-electron chi connectivity index (χ1n) is 5.59. The summed E-state index contributed by atoms with van der Waals surface area (Å²) in [5.41, 5.74) is 2.35. The molecule has 0 fully saturated rings. The molecule has 0 bridgehead atoms. The Hall–Kier alpha value is -1.67. The fourth-order valence-corrected chi connectivity index (χ4v) is 2.21. The second-order valence-corrected chi connectivity index (χ2v) is 4.52. The zero-order valence-electron chi connectivity index (χ0n) is 9.76. The molecule has 0 heterocycles. The first-order chi connectivity index (χ1) is 8.38. The van der Waals surface area contributed by atoms with Crippen molar-refractivity contribution in [2.24, 2.45) is 0 Å². The van der Waals surface area contributed by atoms with Gasteiger partial charge in [0.25, 0.3) is 0 Å². The monoisotopic (exact) mass is 241 g/mol. The zero-order chi connectivity index (χ0) is 11.9. The molecule has 1 nitrogen and oxygen atoms in total. The predicted molar refractivity (Wildman–Crippen MR) is 77.1 cm³/mol. The van der Waals surface area contributed by atoms with Gasteiger partial charge < -0.3 is 4.72 Å². The van der Waals surface area contributed by atoms with Crippen LogP contribution in [0.3, 0.4) is 0 Å². The quantitative estimate of drug-likeness (QED) is 0.769. The van der Waals surface area contributed by atoms with E-state index in [1.807, 2.05) is 25.1 Å². The maximum atomic E-state index is 3.32. The maximum absolute atomic E-state index is 3.32. The SMILES string of the molecule is C/C=C/c1cccc(SNc2ccccc2)c1. The van der Waals surface area contributed by atoms with Crippen LogP contribution < -0.4 is 4.72 Å². The second-order valence-electron chi connectivity index (χ2n) is 3.64. The number of hydrogen-bond donors (Lipinski definition) is 1. The van der Waals surface area contributed by atoms with Crippen LogP contribution in [0.15, 0.2) is 65.6 Å². The Morgan fingerprint density at radius 3 is 2.59 bits per heavy atom. The van der Waals surface area contributed by atoms with Crippen LogP contribution in [0.2, 0.25) is 0 Å². The topological polar surface area (TPSA) is 12.0 Å². The Morgan fingerprint density at radius 1 is 1.00 bits per heavy atom. The average molecular weight is 241 g/mol. The summed E-state index contributed by atoms with van der Waals surface area (Å²) in [6.45, 7) is 2.03. The summed E-state index contributed by atoms with van der Waals surface area (Å²) in [4.78, 5) is 1.21. The minimum atomic E-state index is 1.12. The summed E-state index contributed by atoms with van der Waals surface area (Å²) < 4.78 is 3.32. The molecular formula is C15H15NS. The van der Waals surface area contributed by atoms with Crippen LogP contribution in [0.1, 0.15) is 12.5 Å². The van der Waals surface area contributed by atoms with Crippen molar-refractivity contribution in [2.75, 3.05) is 4.72 Å². The van der Waals surface area contributed by atoms with Crippen molar-refractivity contribution in [3.05, 3.63) is 66.2 Å². The molecule has 0 saturated carbocycles. The van der Waals surface area contributed by atoms with Gasteiger partial charge in [-0.05, 0) is 48.7 Å². The van der Waals surface area contributed by atoms with E-state index in [-0.39, 0.29) is 0 Å². The molecule has 0 radical (unpaired) electrons. The average Bonchev–Trinajstić information content (AvgIpc) is 2.39. The second kappa shape index (κ2) is 6.16. The Kier molecular flexibility index (Phi) is 4.28. The van der Waals surface area contributed by atoms with Crippen LogP contribution in [0, 0.1) is 0 Å². The molecule has 17 heavy (non-hydrogen) atoms. The third-order valence-corrected chi connectivity index (χ3v) is 3.11. The van der Waals surface area contributed by atoms with E-state index in [1.165, 1.54) is 10.5 Å². The van der Waals surface area contributed by atoms with E-state index < -0.39 is 0 Å². The summed E-state index contributed by atoms with van der Waals surface area (Å²) >= 11 is 1.63.